The van der Waals surface area contributed by atoms with E-state index in [1.165, 1.54) is 38.0 Å². The van der Waals surface area contributed by atoms with Gasteiger partial charge in [0, 0.05) is 23.2 Å². The second-order valence-electron chi connectivity index (χ2n) is 3.76. The number of piperidine rings is 1. The molecule has 1 saturated heterocycles. The van der Waals surface area contributed by atoms with Gasteiger partial charge in [-0.3, -0.25) is 0 Å². The van der Waals surface area contributed by atoms with Crippen LogP contribution in [0, 0.1) is 0 Å². The van der Waals surface area contributed by atoms with E-state index >= 15 is 0 Å². The third-order valence-corrected chi connectivity index (χ3v) is 3.30. The van der Waals surface area contributed by atoms with E-state index in [-0.39, 0.29) is 0 Å². The molecule has 0 saturated carbocycles. The fourth-order valence-corrected chi connectivity index (χ4v) is 2.56. The summed E-state index contributed by atoms with van der Waals surface area (Å²) in [7, 11) is 0. The van der Waals surface area contributed by atoms with Crippen molar-refractivity contribution in [3.63, 3.8) is 0 Å². The Bertz CT molecular complexity index is 319. The van der Waals surface area contributed by atoms with E-state index < -0.39 is 0 Å². The molecular formula is C11H15BrN2. The molecule has 0 aliphatic carbocycles. The number of nitrogen functional groups attached to an aromatic ring is 1. The average molecular weight is 255 g/mol. The quantitative estimate of drug-likeness (QED) is 0.781. The molecule has 0 amide bonds. The highest BCUT2D eigenvalue weighted by atomic mass is 79.9. The number of hydrogen-bond donors (Lipinski definition) is 1. The lowest BCUT2D eigenvalue weighted by Crippen LogP contribution is -2.29. The maximum atomic E-state index is 5.71. The number of rotatable bonds is 1. The molecular weight excluding hydrogens is 240 g/mol. The van der Waals surface area contributed by atoms with Crippen molar-refractivity contribution in [2.24, 2.45) is 0 Å². The second kappa shape index (κ2) is 4.22. The fraction of sp³-hybridized carbons (Fsp3) is 0.455. The van der Waals surface area contributed by atoms with E-state index in [1.807, 2.05) is 12.1 Å². The van der Waals surface area contributed by atoms with Gasteiger partial charge in [0.25, 0.3) is 0 Å². The molecule has 2 N–H and O–H groups in total. The van der Waals surface area contributed by atoms with E-state index in [9.17, 15) is 0 Å². The molecule has 1 aliphatic heterocycles. The average Bonchev–Trinajstić information content (AvgIpc) is 2.19. The van der Waals surface area contributed by atoms with E-state index in [4.69, 9.17) is 5.73 Å². The minimum Gasteiger partial charge on any atom is -0.399 e. The Morgan fingerprint density at radius 3 is 2.50 bits per heavy atom. The Morgan fingerprint density at radius 2 is 1.86 bits per heavy atom. The minimum atomic E-state index is 0.817. The number of anilines is 2. The fourth-order valence-electron chi connectivity index (χ4n) is 1.91. The molecule has 0 aromatic heterocycles. The van der Waals surface area contributed by atoms with Gasteiger partial charge in [-0.15, -0.1) is 0 Å². The minimum absolute atomic E-state index is 0.817. The van der Waals surface area contributed by atoms with Crippen LogP contribution in [0.4, 0.5) is 11.4 Å². The number of hydrogen-bond acceptors (Lipinski definition) is 2. The topological polar surface area (TPSA) is 29.3 Å². The highest BCUT2D eigenvalue weighted by Crippen LogP contribution is 2.30. The van der Waals surface area contributed by atoms with Crippen molar-refractivity contribution >= 4 is 27.3 Å². The third-order valence-electron chi connectivity index (χ3n) is 2.67. The number of benzene rings is 1. The molecule has 0 spiro atoms. The van der Waals surface area contributed by atoms with Crippen LogP contribution in [-0.2, 0) is 0 Å². The molecule has 1 aliphatic rings. The zero-order valence-corrected chi connectivity index (χ0v) is 9.76. The standard InChI is InChI=1S/C11H15BrN2/c12-10-8-9(13)4-5-11(10)14-6-2-1-3-7-14/h4-5,8H,1-3,6-7,13H2. The van der Waals surface area contributed by atoms with Crippen LogP contribution in [0.3, 0.4) is 0 Å². The molecule has 2 nitrogen and oxygen atoms in total. The van der Waals surface area contributed by atoms with Crippen LogP contribution in [0.2, 0.25) is 0 Å². The van der Waals surface area contributed by atoms with Crippen molar-refractivity contribution in [1.29, 1.82) is 0 Å². The van der Waals surface area contributed by atoms with Crippen LogP contribution in [-0.4, -0.2) is 13.1 Å². The molecule has 0 bridgehead atoms. The maximum absolute atomic E-state index is 5.71. The summed E-state index contributed by atoms with van der Waals surface area (Å²) in [6, 6.07) is 6.05. The maximum Gasteiger partial charge on any atom is 0.0512 e. The first-order chi connectivity index (χ1) is 6.77. The van der Waals surface area contributed by atoms with Crippen LogP contribution in [0.15, 0.2) is 22.7 Å². The van der Waals surface area contributed by atoms with Crippen LogP contribution < -0.4 is 10.6 Å². The Labute approximate surface area is 93.2 Å². The van der Waals surface area contributed by atoms with E-state index in [1.54, 1.807) is 0 Å². The number of halogens is 1. The summed E-state index contributed by atoms with van der Waals surface area (Å²) in [6.45, 7) is 2.34. The monoisotopic (exact) mass is 254 g/mol. The summed E-state index contributed by atoms with van der Waals surface area (Å²) in [4.78, 5) is 2.42. The first-order valence-electron chi connectivity index (χ1n) is 5.07. The zero-order valence-electron chi connectivity index (χ0n) is 8.17. The molecule has 0 atom stereocenters. The molecule has 2 rings (SSSR count). The Hall–Kier alpha value is -0.700. The second-order valence-corrected chi connectivity index (χ2v) is 4.61. The van der Waals surface area contributed by atoms with E-state index in [2.05, 4.69) is 26.9 Å². The predicted molar refractivity (Wildman–Crippen MR) is 64.6 cm³/mol. The normalized spacial score (nSPS) is 17.1. The van der Waals surface area contributed by atoms with Crippen molar-refractivity contribution < 1.29 is 0 Å². The highest BCUT2D eigenvalue weighted by molar-refractivity contribution is 9.10. The molecule has 1 aromatic rings. The molecule has 14 heavy (non-hydrogen) atoms. The molecule has 0 radical (unpaired) electrons. The van der Waals surface area contributed by atoms with Gasteiger partial charge in [-0.05, 0) is 53.4 Å². The largest absolute Gasteiger partial charge is 0.399 e. The smallest absolute Gasteiger partial charge is 0.0512 e. The predicted octanol–water partition coefficient (Wildman–Crippen LogP) is 3.02. The van der Waals surface area contributed by atoms with E-state index in [0.29, 0.717) is 0 Å². The van der Waals surface area contributed by atoms with Crippen LogP contribution >= 0.6 is 15.9 Å². The van der Waals surface area contributed by atoms with Gasteiger partial charge in [-0.25, -0.2) is 0 Å². The van der Waals surface area contributed by atoms with Gasteiger partial charge < -0.3 is 10.6 Å². The number of nitrogens with two attached hydrogens (primary N) is 1. The summed E-state index contributed by atoms with van der Waals surface area (Å²) in [5.74, 6) is 0. The van der Waals surface area contributed by atoms with Gasteiger partial charge in [0.15, 0.2) is 0 Å². The van der Waals surface area contributed by atoms with Crippen LogP contribution in [0.5, 0.6) is 0 Å². The Kier molecular flexibility index (Phi) is 2.96. The molecule has 3 heteroatoms. The lowest BCUT2D eigenvalue weighted by molar-refractivity contribution is 0.577. The SMILES string of the molecule is Nc1ccc(N2CCCCC2)c(Br)c1. The highest BCUT2D eigenvalue weighted by Gasteiger charge is 2.13. The van der Waals surface area contributed by atoms with Crippen molar-refractivity contribution in [2.75, 3.05) is 23.7 Å². The molecule has 1 aromatic carbocycles. The van der Waals surface area contributed by atoms with Gasteiger partial charge in [0.2, 0.25) is 0 Å². The van der Waals surface area contributed by atoms with Crippen molar-refractivity contribution in [3.8, 4) is 0 Å². The van der Waals surface area contributed by atoms with Gasteiger partial charge in [-0.1, -0.05) is 0 Å². The Morgan fingerprint density at radius 1 is 1.14 bits per heavy atom. The van der Waals surface area contributed by atoms with Gasteiger partial charge in [-0.2, -0.15) is 0 Å². The summed E-state index contributed by atoms with van der Waals surface area (Å²) in [5.41, 5.74) is 7.80. The number of nitrogens with zero attached hydrogens (tertiary/aromatic N) is 1. The van der Waals surface area contributed by atoms with Gasteiger partial charge >= 0.3 is 0 Å². The Balaban J connectivity index is 2.22. The molecule has 1 heterocycles. The lowest BCUT2D eigenvalue weighted by Gasteiger charge is -2.29. The van der Waals surface area contributed by atoms with Crippen molar-refractivity contribution in [2.45, 2.75) is 19.3 Å². The zero-order chi connectivity index (χ0) is 9.97. The molecule has 76 valence electrons. The van der Waals surface area contributed by atoms with Gasteiger partial charge in [0.05, 0.1) is 5.69 Å². The summed E-state index contributed by atoms with van der Waals surface area (Å²) in [5, 5.41) is 0. The molecule has 1 fully saturated rings. The summed E-state index contributed by atoms with van der Waals surface area (Å²) >= 11 is 3.56. The van der Waals surface area contributed by atoms with Gasteiger partial charge in [0.1, 0.15) is 0 Å². The first kappa shape index (κ1) is 9.84. The molecule has 0 unspecified atom stereocenters. The first-order valence-corrected chi connectivity index (χ1v) is 5.86. The summed E-state index contributed by atoms with van der Waals surface area (Å²) < 4.78 is 1.11. The van der Waals surface area contributed by atoms with Crippen LogP contribution in [0.25, 0.3) is 0 Å². The van der Waals surface area contributed by atoms with E-state index in [0.717, 1.165) is 10.2 Å². The summed E-state index contributed by atoms with van der Waals surface area (Å²) in [6.07, 6.45) is 3.97. The third kappa shape index (κ3) is 2.03. The van der Waals surface area contributed by atoms with Crippen molar-refractivity contribution in [1.82, 2.24) is 0 Å². The lowest BCUT2D eigenvalue weighted by atomic mass is 10.1. The van der Waals surface area contributed by atoms with Crippen LogP contribution in [0.1, 0.15) is 19.3 Å². The van der Waals surface area contributed by atoms with Crippen molar-refractivity contribution in [3.05, 3.63) is 22.7 Å².